The Balaban J connectivity index is 0. The van der Waals surface area contributed by atoms with Crippen molar-refractivity contribution >= 4 is 0 Å². The van der Waals surface area contributed by atoms with E-state index in [1.165, 1.54) is 0 Å². The van der Waals surface area contributed by atoms with Crippen LogP contribution in [0.2, 0.25) is 0 Å². The Morgan fingerprint density at radius 2 is 0.500 bits per heavy atom. The van der Waals surface area contributed by atoms with E-state index in [-0.39, 0.29) is 107 Å². The van der Waals surface area contributed by atoms with E-state index in [2.05, 4.69) is 0 Å². The molecule has 0 radical (unpaired) electrons. The van der Waals surface area contributed by atoms with E-state index in [4.69, 9.17) is 0 Å². The predicted octanol–water partition coefficient (Wildman–Crippen LogP) is -1.97. The Labute approximate surface area is 105 Å². The fourth-order valence-corrected chi connectivity index (χ4v) is 0. The molecule has 0 aliphatic heterocycles. The van der Waals surface area contributed by atoms with Gasteiger partial charge in [-0.2, -0.15) is 0 Å². The molecule has 0 fully saturated rings. The molecule has 0 aromatic carbocycles. The first-order valence-corrected chi connectivity index (χ1v) is 0. The summed E-state index contributed by atoms with van der Waals surface area (Å²) in [5.74, 6) is 0. The summed E-state index contributed by atoms with van der Waals surface area (Å²) in [4.78, 5) is 0. The van der Waals surface area contributed by atoms with Gasteiger partial charge < -0.3 is 1.43 Å². The molecule has 0 bridgehead atoms. The van der Waals surface area contributed by atoms with E-state index in [0.29, 0.717) is 0 Å². The van der Waals surface area contributed by atoms with Gasteiger partial charge in [0.15, 0.2) is 0 Å². The zero-order chi connectivity index (χ0) is 0. The van der Waals surface area contributed by atoms with Gasteiger partial charge in [0.25, 0.3) is 0 Å². The zero-order valence-corrected chi connectivity index (χ0v) is 9.53. The molecular weight excluding hydrogens is 244 g/mol. The van der Waals surface area contributed by atoms with Gasteiger partial charge in [-0.3, -0.25) is 28.2 Å². The van der Waals surface area contributed by atoms with Crippen LogP contribution < -0.4 is 51.4 Å². The van der Waals surface area contributed by atoms with Gasteiger partial charge in [0.2, 0.25) is 0 Å². The van der Waals surface area contributed by atoms with Crippen molar-refractivity contribution in [1.82, 2.24) is 0 Å². The summed E-state index contributed by atoms with van der Waals surface area (Å²) in [6.45, 7) is 0. The maximum atomic E-state index is 0. The third-order valence-electron chi connectivity index (χ3n) is 0. The number of rotatable bonds is 0. The van der Waals surface area contributed by atoms with Crippen LogP contribution in [0.15, 0.2) is 0 Å². The number of hydrogen-bond donors (Lipinski definition) is 0. The average molecular weight is 251 g/mol. The molecule has 0 aliphatic carbocycles. The third-order valence-corrected chi connectivity index (χ3v) is 0. The maximum Gasteiger partial charge on any atom is 1.00 e. The minimum absolute atomic E-state index is 0. The van der Waals surface area contributed by atoms with Gasteiger partial charge in [-0.25, -0.2) is 0 Å². The van der Waals surface area contributed by atoms with Crippen LogP contribution in [-0.4, -0.2) is 0 Å². The fourth-order valence-electron chi connectivity index (χ4n) is 0. The normalized spacial score (nSPS) is 0. The summed E-state index contributed by atoms with van der Waals surface area (Å²) in [7, 11) is 0. The molecule has 0 unspecified atom stereocenters. The average Bonchev–Trinajstić information content (AvgIpc) is 0. The summed E-state index contributed by atoms with van der Waals surface area (Å²) < 4.78 is 0. The smallest absolute Gasteiger partial charge is 1.00 e. The van der Waals surface area contributed by atoms with Gasteiger partial charge in [-0.05, 0) is 0 Å². The van der Waals surface area contributed by atoms with Crippen molar-refractivity contribution in [3.05, 3.63) is 0 Å². The molecular formula is H7F6KZr. The molecule has 0 aliphatic rings. The molecule has 8 heteroatoms. The molecule has 0 saturated heterocycles. The van der Waals surface area contributed by atoms with Crippen LogP contribution in [0.1, 0.15) is 1.43 Å². The second kappa shape index (κ2) is 135. The Bertz CT molecular complexity index is 13.0. The SMILES string of the molecule is F.F.F.F.F.F.[H-].[K+].[Zr]. The molecule has 0 atom stereocenters. The Hall–Kier alpha value is 2.10. The zero-order valence-electron chi connectivity index (χ0n) is 4.95. The van der Waals surface area contributed by atoms with Crippen LogP contribution in [0.3, 0.4) is 0 Å². The second-order valence-electron chi connectivity index (χ2n) is 0. The van der Waals surface area contributed by atoms with Crippen molar-refractivity contribution in [2.75, 3.05) is 0 Å². The molecule has 0 amide bonds. The van der Waals surface area contributed by atoms with Crippen molar-refractivity contribution in [2.24, 2.45) is 0 Å². The quantitative estimate of drug-likeness (QED) is 0.346. The molecule has 0 heterocycles. The van der Waals surface area contributed by atoms with Gasteiger partial charge in [-0.15, -0.1) is 0 Å². The first kappa shape index (κ1) is 190. The molecule has 0 saturated carbocycles. The Kier molecular flexibility index (Phi) is 3210. The van der Waals surface area contributed by atoms with Crippen molar-refractivity contribution in [2.45, 2.75) is 0 Å². The predicted molar refractivity (Wildman–Crippen MR) is 16.1 cm³/mol. The van der Waals surface area contributed by atoms with Gasteiger partial charge in [-0.1, -0.05) is 0 Å². The van der Waals surface area contributed by atoms with Gasteiger partial charge in [0.1, 0.15) is 0 Å². The minimum Gasteiger partial charge on any atom is -1.00 e. The summed E-state index contributed by atoms with van der Waals surface area (Å²) >= 11 is 0. The monoisotopic (exact) mass is 250 g/mol. The Morgan fingerprint density at radius 3 is 0.500 bits per heavy atom. The summed E-state index contributed by atoms with van der Waals surface area (Å²) in [5, 5.41) is 0. The number of halogens is 6. The maximum absolute atomic E-state index is 0. The first-order valence-electron chi connectivity index (χ1n) is 0. The molecule has 0 aromatic rings. The van der Waals surface area contributed by atoms with Crippen molar-refractivity contribution in [3.8, 4) is 0 Å². The van der Waals surface area contributed by atoms with E-state index in [1.807, 2.05) is 0 Å². The van der Waals surface area contributed by atoms with Crippen LogP contribution in [-0.2, 0) is 26.2 Å². The van der Waals surface area contributed by atoms with Gasteiger partial charge in [0.05, 0.1) is 0 Å². The standard InChI is InChI=1S/6FH.K.Zr.H/h6*1H;;;/q;;;;;;+1;;-1. The largest absolute Gasteiger partial charge is 1.00 e. The van der Waals surface area contributed by atoms with Crippen LogP contribution in [0.5, 0.6) is 0 Å². The van der Waals surface area contributed by atoms with E-state index >= 15 is 0 Å². The molecule has 54 valence electrons. The molecule has 0 nitrogen and oxygen atoms in total. The van der Waals surface area contributed by atoms with E-state index in [0.717, 1.165) is 0 Å². The van der Waals surface area contributed by atoms with Crippen molar-refractivity contribution in [1.29, 1.82) is 0 Å². The molecule has 0 rings (SSSR count). The molecule has 8 heavy (non-hydrogen) atoms. The van der Waals surface area contributed by atoms with Crippen LogP contribution >= 0.6 is 0 Å². The summed E-state index contributed by atoms with van der Waals surface area (Å²) in [6.07, 6.45) is 0. The molecule has 0 N–H and O–H groups in total. The fraction of sp³-hybridized carbons (Fsp3) is 0. The van der Waals surface area contributed by atoms with Crippen molar-refractivity contribution < 1.29 is 107 Å². The summed E-state index contributed by atoms with van der Waals surface area (Å²) in [6, 6.07) is 0. The first-order chi connectivity index (χ1) is 0. The molecule has 0 spiro atoms. The minimum atomic E-state index is 0. The Morgan fingerprint density at radius 1 is 0.500 bits per heavy atom. The summed E-state index contributed by atoms with van der Waals surface area (Å²) in [5.41, 5.74) is 0. The van der Waals surface area contributed by atoms with Crippen LogP contribution in [0.4, 0.5) is 28.2 Å². The van der Waals surface area contributed by atoms with Crippen LogP contribution in [0, 0.1) is 0 Å². The van der Waals surface area contributed by atoms with E-state index in [1.54, 1.807) is 0 Å². The molecule has 0 aromatic heterocycles. The van der Waals surface area contributed by atoms with Crippen LogP contribution in [0.25, 0.3) is 0 Å². The van der Waals surface area contributed by atoms with Crippen molar-refractivity contribution in [3.63, 3.8) is 0 Å². The topological polar surface area (TPSA) is 0 Å². The third kappa shape index (κ3) is 92.6. The number of hydrogen-bond acceptors (Lipinski definition) is 0. The van der Waals surface area contributed by atoms with E-state index in [9.17, 15) is 0 Å². The van der Waals surface area contributed by atoms with Gasteiger partial charge in [0, 0.05) is 26.2 Å². The second-order valence-corrected chi connectivity index (χ2v) is 0. The van der Waals surface area contributed by atoms with Gasteiger partial charge >= 0.3 is 51.4 Å². The van der Waals surface area contributed by atoms with E-state index < -0.39 is 0 Å².